The third-order valence-electron chi connectivity index (χ3n) is 5.19. The second kappa shape index (κ2) is 8.66. The number of rotatable bonds is 4. The Labute approximate surface area is 179 Å². The summed E-state index contributed by atoms with van der Waals surface area (Å²) in [5, 5.41) is 2.83. The van der Waals surface area contributed by atoms with Crippen LogP contribution in [0.4, 0.5) is 21.5 Å². The lowest BCUT2D eigenvalue weighted by molar-refractivity contribution is 0.102. The van der Waals surface area contributed by atoms with Gasteiger partial charge in [0.2, 0.25) is 0 Å². The van der Waals surface area contributed by atoms with Crippen molar-refractivity contribution in [3.8, 4) is 11.3 Å². The molecule has 9 heteroatoms. The number of pyridine rings is 2. The first kappa shape index (κ1) is 20.7. The van der Waals surface area contributed by atoms with Gasteiger partial charge < -0.3 is 27.4 Å². The van der Waals surface area contributed by atoms with Crippen LogP contribution in [0.15, 0.2) is 54.9 Å². The number of nitrogens with one attached hydrogen (secondary N) is 1. The van der Waals surface area contributed by atoms with Crippen molar-refractivity contribution in [3.05, 3.63) is 66.4 Å². The summed E-state index contributed by atoms with van der Waals surface area (Å²) in [7, 11) is 0. The molecule has 0 spiro atoms. The number of carbonyl (C=O) groups excluding carboxylic acids is 1. The lowest BCUT2D eigenvalue weighted by Crippen LogP contribution is -2.52. The summed E-state index contributed by atoms with van der Waals surface area (Å²) in [6, 6.07) is 11.0. The smallest absolute Gasteiger partial charge is 0.276 e. The molecule has 0 aliphatic carbocycles. The van der Waals surface area contributed by atoms with Gasteiger partial charge in [-0.1, -0.05) is 12.1 Å². The van der Waals surface area contributed by atoms with E-state index in [4.69, 9.17) is 17.2 Å². The molecule has 1 aromatic carbocycles. The summed E-state index contributed by atoms with van der Waals surface area (Å²) < 4.78 is 14.2. The number of benzene rings is 1. The van der Waals surface area contributed by atoms with Gasteiger partial charge in [0.25, 0.3) is 5.91 Å². The van der Waals surface area contributed by atoms with Crippen molar-refractivity contribution in [2.75, 3.05) is 29.0 Å². The molecule has 1 aliphatic heterocycles. The van der Waals surface area contributed by atoms with Gasteiger partial charge in [-0.2, -0.15) is 0 Å². The van der Waals surface area contributed by atoms with Crippen molar-refractivity contribution in [1.82, 2.24) is 9.97 Å². The number of piperidine rings is 1. The van der Waals surface area contributed by atoms with Gasteiger partial charge >= 0.3 is 0 Å². The average Bonchev–Trinajstić information content (AvgIpc) is 2.74. The second-order valence-electron chi connectivity index (χ2n) is 7.62. The van der Waals surface area contributed by atoms with E-state index in [1.807, 2.05) is 4.90 Å². The van der Waals surface area contributed by atoms with Crippen LogP contribution in [0.1, 0.15) is 16.9 Å². The summed E-state index contributed by atoms with van der Waals surface area (Å²) in [5.41, 5.74) is 20.3. The topological polar surface area (TPSA) is 136 Å². The second-order valence-corrected chi connectivity index (χ2v) is 7.62. The van der Waals surface area contributed by atoms with Crippen molar-refractivity contribution in [3.63, 3.8) is 0 Å². The fraction of sp³-hybridized carbons (Fsp3) is 0.227. The number of nitrogens with zero attached hydrogens (tertiary/aromatic N) is 3. The summed E-state index contributed by atoms with van der Waals surface area (Å²) in [5.74, 6) is -0.950. The van der Waals surface area contributed by atoms with Crippen LogP contribution in [-0.4, -0.2) is 41.0 Å². The molecule has 4 rings (SSSR count). The summed E-state index contributed by atoms with van der Waals surface area (Å²) in [6.07, 6.45) is 3.93. The number of carbonyl (C=O) groups is 1. The highest BCUT2D eigenvalue weighted by molar-refractivity contribution is 6.07. The van der Waals surface area contributed by atoms with Gasteiger partial charge in [-0.15, -0.1) is 0 Å². The molecule has 1 saturated heterocycles. The van der Waals surface area contributed by atoms with E-state index in [1.54, 1.807) is 42.7 Å². The van der Waals surface area contributed by atoms with Crippen LogP contribution in [0.3, 0.4) is 0 Å². The number of nitrogen functional groups attached to an aromatic ring is 1. The Kier molecular flexibility index (Phi) is 5.79. The van der Waals surface area contributed by atoms with Crippen LogP contribution < -0.4 is 27.4 Å². The minimum atomic E-state index is -0.518. The number of hydrogen-bond acceptors (Lipinski definition) is 7. The Morgan fingerprint density at radius 2 is 1.84 bits per heavy atom. The van der Waals surface area contributed by atoms with Crippen molar-refractivity contribution in [2.24, 2.45) is 11.5 Å². The summed E-state index contributed by atoms with van der Waals surface area (Å²) in [6.45, 7) is 1.23. The Balaban J connectivity index is 1.63. The molecule has 3 aromatic rings. The van der Waals surface area contributed by atoms with Crippen LogP contribution >= 0.6 is 0 Å². The first-order valence-corrected chi connectivity index (χ1v) is 9.95. The van der Waals surface area contributed by atoms with Crippen molar-refractivity contribution < 1.29 is 9.18 Å². The van der Waals surface area contributed by atoms with Crippen molar-refractivity contribution in [2.45, 2.75) is 18.5 Å². The highest BCUT2D eigenvalue weighted by Gasteiger charge is 2.25. The molecule has 2 atom stereocenters. The van der Waals surface area contributed by atoms with Gasteiger partial charge in [-0.3, -0.25) is 9.78 Å². The zero-order valence-corrected chi connectivity index (χ0v) is 16.8. The Morgan fingerprint density at radius 1 is 1.10 bits per heavy atom. The van der Waals surface area contributed by atoms with E-state index < -0.39 is 11.7 Å². The molecule has 1 aliphatic rings. The van der Waals surface area contributed by atoms with Gasteiger partial charge in [0.05, 0.1) is 29.0 Å². The predicted molar refractivity (Wildman–Crippen MR) is 119 cm³/mol. The summed E-state index contributed by atoms with van der Waals surface area (Å²) in [4.78, 5) is 23.5. The van der Waals surface area contributed by atoms with E-state index in [1.165, 1.54) is 12.1 Å². The molecule has 7 N–H and O–H groups in total. The number of nitrogens with two attached hydrogens (primary N) is 3. The van der Waals surface area contributed by atoms with E-state index in [-0.39, 0.29) is 29.0 Å². The molecular formula is C22H24FN7O. The SMILES string of the molecule is Nc1ccc(-c2ccccc2F)nc1C(=O)Nc1cnccc1N1CC(N)CC(N)C1. The highest BCUT2D eigenvalue weighted by Crippen LogP contribution is 2.28. The number of aromatic nitrogens is 2. The summed E-state index contributed by atoms with van der Waals surface area (Å²) >= 11 is 0. The van der Waals surface area contributed by atoms with Crippen LogP contribution in [-0.2, 0) is 0 Å². The fourth-order valence-corrected chi connectivity index (χ4v) is 3.79. The quantitative estimate of drug-likeness (QED) is 0.506. The zero-order chi connectivity index (χ0) is 22.0. The standard InChI is InChI=1S/C22H24FN7O/c23-16-4-2-1-3-15(16)18-6-5-17(26)21(28-18)22(31)29-19-10-27-8-7-20(19)30-11-13(24)9-14(25)12-30/h1-8,10,13-14H,9,11-12,24-26H2,(H,29,31). The van der Waals surface area contributed by atoms with Crippen LogP contribution in [0.2, 0.25) is 0 Å². The largest absolute Gasteiger partial charge is 0.397 e. The van der Waals surface area contributed by atoms with Crippen molar-refractivity contribution in [1.29, 1.82) is 0 Å². The van der Waals surface area contributed by atoms with Gasteiger partial charge in [0.1, 0.15) is 5.82 Å². The van der Waals surface area contributed by atoms with Gasteiger partial charge in [0, 0.05) is 36.9 Å². The molecular weight excluding hydrogens is 397 g/mol. The van der Waals surface area contributed by atoms with E-state index in [9.17, 15) is 9.18 Å². The normalized spacial score (nSPS) is 18.6. The molecule has 0 saturated carbocycles. The van der Waals surface area contributed by atoms with E-state index in [0.29, 0.717) is 24.5 Å². The van der Waals surface area contributed by atoms with Gasteiger partial charge in [-0.25, -0.2) is 9.37 Å². The first-order valence-electron chi connectivity index (χ1n) is 9.95. The molecule has 2 aromatic heterocycles. The van der Waals surface area contributed by atoms with Crippen LogP contribution in [0.5, 0.6) is 0 Å². The maximum atomic E-state index is 14.2. The Morgan fingerprint density at radius 3 is 2.58 bits per heavy atom. The first-order chi connectivity index (χ1) is 14.9. The van der Waals surface area contributed by atoms with E-state index >= 15 is 0 Å². The molecule has 0 radical (unpaired) electrons. The number of anilines is 3. The third kappa shape index (κ3) is 4.47. The maximum absolute atomic E-state index is 14.2. The number of amides is 1. The lowest BCUT2D eigenvalue weighted by atomic mass is 10.0. The molecule has 31 heavy (non-hydrogen) atoms. The van der Waals surface area contributed by atoms with Crippen LogP contribution in [0.25, 0.3) is 11.3 Å². The predicted octanol–water partition coefficient (Wildman–Crippen LogP) is 1.98. The molecule has 1 fully saturated rings. The minimum Gasteiger partial charge on any atom is -0.397 e. The highest BCUT2D eigenvalue weighted by atomic mass is 19.1. The maximum Gasteiger partial charge on any atom is 0.276 e. The minimum absolute atomic E-state index is 0.00241. The Bertz CT molecular complexity index is 1100. The lowest BCUT2D eigenvalue weighted by Gasteiger charge is -2.37. The van der Waals surface area contributed by atoms with E-state index in [2.05, 4.69) is 15.3 Å². The molecule has 8 nitrogen and oxygen atoms in total. The molecule has 1 amide bonds. The fourth-order valence-electron chi connectivity index (χ4n) is 3.79. The number of hydrogen-bond donors (Lipinski definition) is 4. The van der Waals surface area contributed by atoms with E-state index in [0.717, 1.165) is 12.1 Å². The zero-order valence-electron chi connectivity index (χ0n) is 16.8. The molecule has 3 heterocycles. The van der Waals surface area contributed by atoms with Crippen LogP contribution in [0, 0.1) is 5.82 Å². The van der Waals surface area contributed by atoms with Gasteiger partial charge in [-0.05, 0) is 36.8 Å². The molecule has 2 unspecified atom stereocenters. The van der Waals surface area contributed by atoms with Gasteiger partial charge in [0.15, 0.2) is 5.69 Å². The molecule has 0 bridgehead atoms. The monoisotopic (exact) mass is 421 g/mol. The number of halogens is 1. The van der Waals surface area contributed by atoms with Crippen molar-refractivity contribution >= 4 is 23.0 Å². The molecule has 160 valence electrons. The third-order valence-corrected chi connectivity index (χ3v) is 5.19. The average molecular weight is 421 g/mol. The Hall–Kier alpha value is -3.56.